The van der Waals surface area contributed by atoms with Gasteiger partial charge in [0.2, 0.25) is 0 Å². The molecule has 1 aliphatic rings. The van der Waals surface area contributed by atoms with Crippen molar-refractivity contribution in [1.82, 2.24) is 5.32 Å². The van der Waals surface area contributed by atoms with Crippen molar-refractivity contribution in [3.05, 3.63) is 70.0 Å². The molecule has 0 unspecified atom stereocenters. The Labute approximate surface area is 146 Å². The highest BCUT2D eigenvalue weighted by Gasteiger charge is 2.26. The van der Waals surface area contributed by atoms with Gasteiger partial charge in [-0.3, -0.25) is 4.79 Å². The Kier molecular flexibility index (Phi) is 4.34. The Morgan fingerprint density at radius 2 is 2.00 bits per heavy atom. The number of hydrogen-bond acceptors (Lipinski definition) is 4. The van der Waals surface area contributed by atoms with Crippen LogP contribution < -0.4 is 10.0 Å². The first-order valence-electron chi connectivity index (χ1n) is 7.78. The molecule has 0 radical (unpaired) electrons. The van der Waals surface area contributed by atoms with E-state index >= 15 is 0 Å². The summed E-state index contributed by atoms with van der Waals surface area (Å²) in [6.07, 6.45) is 2.76. The van der Waals surface area contributed by atoms with Gasteiger partial charge in [0.25, 0.3) is 5.69 Å². The normalized spacial score (nSPS) is 18.2. The van der Waals surface area contributed by atoms with Crippen LogP contribution in [0.5, 0.6) is 0 Å². The summed E-state index contributed by atoms with van der Waals surface area (Å²) in [4.78, 5) is 12.2. The second-order valence-corrected chi connectivity index (χ2v) is 8.12. The van der Waals surface area contributed by atoms with Gasteiger partial charge in [0.15, 0.2) is 16.0 Å². The number of aromatic nitrogens is 1. The van der Waals surface area contributed by atoms with Crippen molar-refractivity contribution >= 4 is 15.7 Å². The first-order valence-corrected chi connectivity index (χ1v) is 9.49. The number of aryl methyl sites for hydroxylation is 2. The first-order chi connectivity index (χ1) is 11.7. The molecule has 0 saturated heterocycles. The van der Waals surface area contributed by atoms with Crippen molar-refractivity contribution in [2.75, 3.05) is 5.75 Å². The van der Waals surface area contributed by atoms with Crippen LogP contribution in [0.4, 0.5) is 0 Å². The summed E-state index contributed by atoms with van der Waals surface area (Å²) in [5.41, 5.74) is 3.73. The number of sulfone groups is 1. The molecule has 1 aliphatic heterocycles. The first kappa shape index (κ1) is 17.2. The minimum absolute atomic E-state index is 0.0776. The molecule has 1 aromatic carbocycles. The third kappa shape index (κ3) is 3.71. The van der Waals surface area contributed by atoms with Crippen molar-refractivity contribution in [2.24, 2.45) is 0 Å². The molecule has 25 heavy (non-hydrogen) atoms. The third-order valence-corrected chi connectivity index (χ3v) is 5.48. The lowest BCUT2D eigenvalue weighted by atomic mass is 10.00. The van der Waals surface area contributed by atoms with E-state index in [4.69, 9.17) is 0 Å². The maximum Gasteiger partial charge on any atom is 0.317 e. The Bertz CT molecular complexity index is 981. The van der Waals surface area contributed by atoms with E-state index in [1.165, 1.54) is 18.3 Å². The van der Waals surface area contributed by atoms with Crippen LogP contribution >= 0.6 is 0 Å². The average molecular weight is 358 g/mol. The highest BCUT2D eigenvalue weighted by molar-refractivity contribution is 7.94. The maximum atomic E-state index is 12.3. The molecule has 2 aromatic rings. The van der Waals surface area contributed by atoms with Crippen LogP contribution in [-0.2, 0) is 9.84 Å². The standard InChI is InChI=1S/C18H18N2O4S/c1-12-3-5-16(13(2)9-12)14-4-6-17(20(22)10-14)18(21)19-15-7-8-25(23,24)11-15/h3-10,15H,11H2,1-2H3,(H,19,21)/t15-/m1/s1. The van der Waals surface area contributed by atoms with Gasteiger partial charge in [-0.1, -0.05) is 23.8 Å². The van der Waals surface area contributed by atoms with Crippen LogP contribution in [0.2, 0.25) is 0 Å². The molecule has 0 bridgehead atoms. The van der Waals surface area contributed by atoms with Gasteiger partial charge in [0.1, 0.15) is 0 Å². The van der Waals surface area contributed by atoms with Gasteiger partial charge >= 0.3 is 5.91 Å². The van der Waals surface area contributed by atoms with Crippen LogP contribution in [-0.4, -0.2) is 26.1 Å². The molecule has 3 rings (SSSR count). The number of carbonyl (C=O) groups excluding carboxylic acids is 1. The number of rotatable bonds is 3. The number of hydrogen-bond donors (Lipinski definition) is 1. The zero-order valence-electron chi connectivity index (χ0n) is 13.9. The minimum atomic E-state index is -3.26. The van der Waals surface area contributed by atoms with Crippen LogP contribution in [0, 0.1) is 19.1 Å². The van der Waals surface area contributed by atoms with Crippen molar-refractivity contribution in [2.45, 2.75) is 19.9 Å². The number of pyridine rings is 1. The van der Waals surface area contributed by atoms with Crippen LogP contribution in [0.3, 0.4) is 0 Å². The second-order valence-electron chi connectivity index (χ2n) is 6.19. The van der Waals surface area contributed by atoms with Gasteiger partial charge in [0.05, 0.1) is 11.8 Å². The monoisotopic (exact) mass is 358 g/mol. The van der Waals surface area contributed by atoms with E-state index in [9.17, 15) is 18.4 Å². The summed E-state index contributed by atoms with van der Waals surface area (Å²) in [7, 11) is -3.26. The summed E-state index contributed by atoms with van der Waals surface area (Å²) in [6.45, 7) is 3.96. The highest BCUT2D eigenvalue weighted by atomic mass is 32.2. The Hall–Kier alpha value is -2.67. The van der Waals surface area contributed by atoms with Crippen LogP contribution in [0.1, 0.15) is 21.6 Å². The van der Waals surface area contributed by atoms with Crippen molar-refractivity contribution in [3.8, 4) is 11.1 Å². The van der Waals surface area contributed by atoms with Gasteiger partial charge in [-0.2, -0.15) is 4.73 Å². The molecule has 1 aromatic heterocycles. The fraction of sp³-hybridized carbons (Fsp3) is 0.222. The molecule has 6 nitrogen and oxygen atoms in total. The summed E-state index contributed by atoms with van der Waals surface area (Å²) >= 11 is 0. The molecule has 1 N–H and O–H groups in total. The topological polar surface area (TPSA) is 90.2 Å². The molecule has 0 saturated carbocycles. The maximum absolute atomic E-state index is 12.3. The number of nitrogens with one attached hydrogen (secondary N) is 1. The van der Waals surface area contributed by atoms with E-state index in [1.807, 2.05) is 32.0 Å². The molecule has 2 heterocycles. The largest absolute Gasteiger partial charge is 0.618 e. The lowest BCUT2D eigenvalue weighted by Gasteiger charge is -2.11. The number of carbonyl (C=O) groups is 1. The molecule has 1 atom stereocenters. The Morgan fingerprint density at radius 3 is 2.60 bits per heavy atom. The van der Waals surface area contributed by atoms with Gasteiger partial charge in [-0.05, 0) is 37.1 Å². The van der Waals surface area contributed by atoms with Gasteiger partial charge < -0.3 is 10.5 Å². The zero-order chi connectivity index (χ0) is 18.2. The number of amides is 1. The van der Waals surface area contributed by atoms with E-state index in [0.29, 0.717) is 10.3 Å². The quantitative estimate of drug-likeness (QED) is 0.667. The lowest BCUT2D eigenvalue weighted by Crippen LogP contribution is -2.43. The summed E-state index contributed by atoms with van der Waals surface area (Å²) in [6, 6.07) is 8.47. The molecule has 0 spiro atoms. The minimum Gasteiger partial charge on any atom is -0.618 e. The number of nitrogens with zero attached hydrogens (tertiary/aromatic N) is 1. The summed E-state index contributed by atoms with van der Waals surface area (Å²) in [5.74, 6) is -0.785. The smallest absolute Gasteiger partial charge is 0.317 e. The van der Waals surface area contributed by atoms with Crippen molar-refractivity contribution in [3.63, 3.8) is 0 Å². The van der Waals surface area contributed by atoms with E-state index in [-0.39, 0.29) is 11.4 Å². The van der Waals surface area contributed by atoms with E-state index in [1.54, 1.807) is 6.07 Å². The second kappa shape index (κ2) is 6.33. The summed E-state index contributed by atoms with van der Waals surface area (Å²) in [5, 5.41) is 15.9. The van der Waals surface area contributed by atoms with E-state index < -0.39 is 21.8 Å². The Balaban J connectivity index is 1.82. The zero-order valence-corrected chi connectivity index (χ0v) is 14.7. The van der Waals surface area contributed by atoms with Gasteiger partial charge in [-0.15, -0.1) is 0 Å². The molecule has 0 fully saturated rings. The lowest BCUT2D eigenvalue weighted by molar-refractivity contribution is -0.607. The molecule has 1 amide bonds. The molecular formula is C18H18N2O4S. The van der Waals surface area contributed by atoms with Gasteiger partial charge in [0, 0.05) is 17.0 Å². The van der Waals surface area contributed by atoms with Crippen LogP contribution in [0.15, 0.2) is 48.0 Å². The SMILES string of the molecule is Cc1ccc(-c2ccc(C(=O)N[C@@H]3C=CS(=O)(=O)C3)[n+]([O-])c2)c(C)c1. The summed E-state index contributed by atoms with van der Waals surface area (Å²) < 4.78 is 23.3. The highest BCUT2D eigenvalue weighted by Crippen LogP contribution is 2.23. The molecule has 0 aliphatic carbocycles. The fourth-order valence-corrected chi connectivity index (χ4v) is 4.10. The third-order valence-electron chi connectivity index (χ3n) is 4.09. The van der Waals surface area contributed by atoms with Crippen molar-refractivity contribution in [1.29, 1.82) is 0 Å². The Morgan fingerprint density at radius 1 is 1.24 bits per heavy atom. The molecule has 7 heteroatoms. The fourth-order valence-electron chi connectivity index (χ4n) is 2.86. The van der Waals surface area contributed by atoms with E-state index in [0.717, 1.165) is 22.1 Å². The van der Waals surface area contributed by atoms with Gasteiger partial charge in [-0.25, -0.2) is 8.42 Å². The predicted octanol–water partition coefficient (Wildman–Crippen LogP) is 1.64. The average Bonchev–Trinajstić information content (AvgIpc) is 2.85. The number of benzene rings is 1. The van der Waals surface area contributed by atoms with E-state index in [2.05, 4.69) is 5.32 Å². The van der Waals surface area contributed by atoms with Crippen molar-refractivity contribution < 1.29 is 17.9 Å². The molecule has 130 valence electrons. The van der Waals surface area contributed by atoms with Crippen LogP contribution in [0.25, 0.3) is 11.1 Å². The molecular weight excluding hydrogens is 340 g/mol. The predicted molar refractivity (Wildman–Crippen MR) is 94.5 cm³/mol.